The number of hydrogen-bond donors (Lipinski definition) is 1. The summed E-state index contributed by atoms with van der Waals surface area (Å²) in [6.45, 7) is 1.10. The summed E-state index contributed by atoms with van der Waals surface area (Å²) in [5, 5.41) is 0. The molecule has 2 N–H and O–H groups in total. The molecule has 2 aromatic heterocycles. The van der Waals surface area contributed by atoms with Crippen LogP contribution in [0.4, 0.5) is 0 Å². The van der Waals surface area contributed by atoms with Crippen molar-refractivity contribution in [3.05, 3.63) is 67.0 Å². The zero-order valence-corrected chi connectivity index (χ0v) is 14.9. The Kier molecular flexibility index (Phi) is 4.50. The van der Waals surface area contributed by atoms with Gasteiger partial charge in [-0.3, -0.25) is 9.59 Å². The Balaban J connectivity index is 1.63. The third kappa shape index (κ3) is 3.36. The number of hydrogen-bond acceptors (Lipinski definition) is 3. The molecule has 138 valence electrons. The molecule has 0 saturated carbocycles. The molecule has 3 heterocycles. The van der Waals surface area contributed by atoms with E-state index in [0.29, 0.717) is 31.5 Å². The lowest BCUT2D eigenvalue weighted by Gasteiger charge is -2.30. The molecule has 4 rings (SSSR count). The second-order valence-corrected chi connectivity index (χ2v) is 6.73. The molecule has 0 unspecified atom stereocenters. The fourth-order valence-corrected chi connectivity index (χ4v) is 3.53. The molecule has 2 amide bonds. The number of aromatic nitrogens is 3. The van der Waals surface area contributed by atoms with Crippen molar-refractivity contribution in [2.45, 2.75) is 12.8 Å². The lowest BCUT2D eigenvalue weighted by Crippen LogP contribution is -2.41. The molecule has 0 bridgehead atoms. The largest absolute Gasteiger partial charge is 0.369 e. The van der Waals surface area contributed by atoms with Crippen molar-refractivity contribution in [1.82, 2.24) is 19.0 Å². The zero-order valence-electron chi connectivity index (χ0n) is 14.9. The minimum Gasteiger partial charge on any atom is -0.369 e. The Hall–Kier alpha value is -3.35. The van der Waals surface area contributed by atoms with Gasteiger partial charge in [0.2, 0.25) is 5.91 Å². The maximum atomic E-state index is 13.0. The molecule has 0 spiro atoms. The monoisotopic (exact) mass is 363 g/mol. The molecule has 1 saturated heterocycles. The third-order valence-electron chi connectivity index (χ3n) is 5.07. The molecule has 1 aliphatic rings. The summed E-state index contributed by atoms with van der Waals surface area (Å²) in [7, 11) is 0. The van der Waals surface area contributed by atoms with Gasteiger partial charge in [-0.2, -0.15) is 0 Å². The van der Waals surface area contributed by atoms with E-state index in [1.165, 1.54) is 0 Å². The van der Waals surface area contributed by atoms with Crippen molar-refractivity contribution in [3.63, 3.8) is 0 Å². The van der Waals surface area contributed by atoms with Crippen LogP contribution in [0.3, 0.4) is 0 Å². The molecule has 3 aromatic rings. The highest BCUT2D eigenvalue weighted by Crippen LogP contribution is 2.24. The molecule has 0 aliphatic carbocycles. The quantitative estimate of drug-likeness (QED) is 0.769. The van der Waals surface area contributed by atoms with Gasteiger partial charge >= 0.3 is 0 Å². The van der Waals surface area contributed by atoms with Gasteiger partial charge in [0.25, 0.3) is 5.91 Å². The first-order valence-electron chi connectivity index (χ1n) is 8.98. The van der Waals surface area contributed by atoms with Crippen LogP contribution in [0.25, 0.3) is 11.4 Å². The van der Waals surface area contributed by atoms with Gasteiger partial charge in [0.05, 0.1) is 17.7 Å². The van der Waals surface area contributed by atoms with Gasteiger partial charge < -0.3 is 19.8 Å². The minimum atomic E-state index is -0.276. The average Bonchev–Trinajstić information content (AvgIpc) is 3.41. The predicted octanol–water partition coefficient (Wildman–Crippen LogP) is 2.00. The number of likely N-dealkylation sites (tertiary alicyclic amines) is 1. The number of carbonyl (C=O) groups excluding carboxylic acids is 2. The normalized spacial score (nSPS) is 15.0. The van der Waals surface area contributed by atoms with Gasteiger partial charge in [0.1, 0.15) is 0 Å². The maximum Gasteiger partial charge on any atom is 0.253 e. The molecule has 0 radical (unpaired) electrons. The van der Waals surface area contributed by atoms with Crippen LogP contribution in [0.1, 0.15) is 23.2 Å². The van der Waals surface area contributed by atoms with E-state index in [1.54, 1.807) is 17.4 Å². The first-order valence-corrected chi connectivity index (χ1v) is 8.98. The summed E-state index contributed by atoms with van der Waals surface area (Å²) >= 11 is 0. The van der Waals surface area contributed by atoms with Crippen molar-refractivity contribution in [3.8, 4) is 11.4 Å². The highest BCUT2D eigenvalue weighted by Gasteiger charge is 2.26. The smallest absolute Gasteiger partial charge is 0.253 e. The third-order valence-corrected chi connectivity index (χ3v) is 5.07. The van der Waals surface area contributed by atoms with E-state index in [-0.39, 0.29) is 17.7 Å². The summed E-state index contributed by atoms with van der Waals surface area (Å²) < 4.78 is 3.90. The predicted molar refractivity (Wildman–Crippen MR) is 101 cm³/mol. The van der Waals surface area contributed by atoms with Crippen LogP contribution in [0.5, 0.6) is 0 Å². The van der Waals surface area contributed by atoms with Crippen molar-refractivity contribution in [2.75, 3.05) is 13.1 Å². The zero-order chi connectivity index (χ0) is 18.8. The number of amides is 2. The summed E-state index contributed by atoms with van der Waals surface area (Å²) in [6, 6.07) is 9.56. The van der Waals surface area contributed by atoms with Crippen LogP contribution in [0, 0.1) is 5.92 Å². The highest BCUT2D eigenvalue weighted by molar-refractivity contribution is 5.95. The second kappa shape index (κ2) is 7.11. The number of carbonyl (C=O) groups is 2. The minimum absolute atomic E-state index is 0.0245. The van der Waals surface area contributed by atoms with Gasteiger partial charge in [0.15, 0.2) is 0 Å². The van der Waals surface area contributed by atoms with E-state index < -0.39 is 0 Å². The molecule has 0 atom stereocenters. The number of nitrogens with zero attached hydrogens (tertiary/aromatic N) is 4. The van der Waals surface area contributed by atoms with E-state index in [4.69, 9.17) is 5.73 Å². The van der Waals surface area contributed by atoms with Crippen LogP contribution in [-0.2, 0) is 4.79 Å². The van der Waals surface area contributed by atoms with E-state index in [9.17, 15) is 9.59 Å². The van der Waals surface area contributed by atoms with E-state index in [2.05, 4.69) is 4.98 Å². The molecule has 1 fully saturated rings. The number of nitrogens with two attached hydrogens (primary N) is 1. The van der Waals surface area contributed by atoms with E-state index >= 15 is 0 Å². The lowest BCUT2D eigenvalue weighted by atomic mass is 9.96. The first kappa shape index (κ1) is 17.1. The highest BCUT2D eigenvalue weighted by atomic mass is 16.2. The topological polar surface area (TPSA) is 86.2 Å². The standard InChI is InChI=1S/C20H21N5O2/c21-19(26)15-5-10-24(11-6-15)20(27)16-3-4-17(25-12-7-22-14-25)18(13-16)23-8-1-2-9-23/h1-4,7-9,12-15H,5-6,10-11H2,(H2,21,26). The van der Waals surface area contributed by atoms with Crippen molar-refractivity contribution >= 4 is 11.8 Å². The number of piperidine rings is 1. The Labute approximate surface area is 157 Å². The van der Waals surface area contributed by atoms with Gasteiger partial charge in [-0.05, 0) is 43.2 Å². The summed E-state index contributed by atoms with van der Waals surface area (Å²) in [6.07, 6.45) is 10.5. The van der Waals surface area contributed by atoms with E-state index in [0.717, 1.165) is 11.4 Å². The lowest BCUT2D eigenvalue weighted by molar-refractivity contribution is -0.123. The molecule has 7 heteroatoms. The van der Waals surface area contributed by atoms with Crippen LogP contribution in [-0.4, -0.2) is 43.9 Å². The van der Waals surface area contributed by atoms with E-state index in [1.807, 2.05) is 58.1 Å². The number of benzene rings is 1. The average molecular weight is 363 g/mol. The summed E-state index contributed by atoms with van der Waals surface area (Å²) in [4.78, 5) is 30.2. The van der Waals surface area contributed by atoms with Gasteiger partial charge in [-0.1, -0.05) is 0 Å². The molecule has 1 aromatic carbocycles. The van der Waals surface area contributed by atoms with Crippen LogP contribution in [0.15, 0.2) is 61.4 Å². The molecule has 27 heavy (non-hydrogen) atoms. The molecule has 7 nitrogen and oxygen atoms in total. The second-order valence-electron chi connectivity index (χ2n) is 6.73. The van der Waals surface area contributed by atoms with Crippen molar-refractivity contribution < 1.29 is 9.59 Å². The Morgan fingerprint density at radius 2 is 1.74 bits per heavy atom. The first-order chi connectivity index (χ1) is 13.1. The van der Waals surface area contributed by atoms with Gasteiger partial charge in [0, 0.05) is 49.4 Å². The Morgan fingerprint density at radius 3 is 2.37 bits per heavy atom. The number of rotatable bonds is 4. The van der Waals surface area contributed by atoms with Crippen molar-refractivity contribution in [2.24, 2.45) is 11.7 Å². The maximum absolute atomic E-state index is 13.0. The fourth-order valence-electron chi connectivity index (χ4n) is 3.53. The van der Waals surface area contributed by atoms with Gasteiger partial charge in [-0.15, -0.1) is 0 Å². The van der Waals surface area contributed by atoms with Gasteiger partial charge in [-0.25, -0.2) is 4.98 Å². The molecular weight excluding hydrogens is 342 g/mol. The Bertz CT molecular complexity index is 939. The Morgan fingerprint density at radius 1 is 1.00 bits per heavy atom. The number of imidazole rings is 1. The van der Waals surface area contributed by atoms with Crippen LogP contribution >= 0.6 is 0 Å². The SMILES string of the molecule is NC(=O)C1CCN(C(=O)c2ccc(-n3ccnc3)c(-n3cccc3)c2)CC1. The summed E-state index contributed by atoms with van der Waals surface area (Å²) in [5.74, 6) is -0.432. The fraction of sp³-hybridized carbons (Fsp3) is 0.250. The number of primary amides is 1. The summed E-state index contributed by atoms with van der Waals surface area (Å²) in [5.41, 5.74) is 7.85. The molecular formula is C20H21N5O2. The van der Waals surface area contributed by atoms with Crippen molar-refractivity contribution in [1.29, 1.82) is 0 Å². The molecule has 1 aliphatic heterocycles. The van der Waals surface area contributed by atoms with Crippen LogP contribution < -0.4 is 5.73 Å². The van der Waals surface area contributed by atoms with Crippen LogP contribution in [0.2, 0.25) is 0 Å².